The third-order valence-corrected chi connectivity index (χ3v) is 6.30. The molecule has 0 saturated heterocycles. The third-order valence-electron chi connectivity index (χ3n) is 6.30. The van der Waals surface area contributed by atoms with Crippen LogP contribution < -0.4 is 0 Å². The van der Waals surface area contributed by atoms with E-state index in [-0.39, 0.29) is 25.3 Å². The molecule has 2 N–H and O–H groups in total. The Hall–Kier alpha value is -1.65. The molecule has 0 spiro atoms. The molecule has 0 aliphatic carbocycles. The van der Waals surface area contributed by atoms with Crippen LogP contribution in [-0.4, -0.2) is 35.5 Å². The Balaban J connectivity index is 3.75. The lowest BCUT2D eigenvalue weighted by Crippen LogP contribution is -2.17. The van der Waals surface area contributed by atoms with E-state index in [0.717, 1.165) is 51.4 Å². The zero-order valence-corrected chi connectivity index (χ0v) is 23.3. The largest absolute Gasteiger partial charge is 0.462 e. The molecule has 0 fully saturated rings. The van der Waals surface area contributed by atoms with Crippen LogP contribution in [-0.2, 0) is 9.53 Å². The fourth-order valence-electron chi connectivity index (χ4n) is 4.14. The zero-order chi connectivity index (χ0) is 26.4. The van der Waals surface area contributed by atoms with Crippen LogP contribution in [0.25, 0.3) is 0 Å². The topological polar surface area (TPSA) is 66.8 Å². The molecule has 208 valence electrons. The zero-order valence-electron chi connectivity index (χ0n) is 23.3. The van der Waals surface area contributed by atoms with Gasteiger partial charge in [-0.2, -0.15) is 0 Å². The average Bonchev–Trinajstić information content (AvgIpc) is 2.89. The molecular weight excluding hydrogens is 448 g/mol. The van der Waals surface area contributed by atoms with Crippen molar-refractivity contribution in [2.24, 2.45) is 0 Å². The predicted molar refractivity (Wildman–Crippen MR) is 154 cm³/mol. The highest BCUT2D eigenvalue weighted by molar-refractivity contribution is 5.69. The normalized spacial score (nSPS) is 12.3. The third kappa shape index (κ3) is 26.9. The first-order valence-electron chi connectivity index (χ1n) is 14.8. The van der Waals surface area contributed by atoms with E-state index in [2.05, 4.69) is 24.3 Å². The van der Waals surface area contributed by atoms with E-state index in [0.29, 0.717) is 6.42 Å². The van der Waals surface area contributed by atoms with Gasteiger partial charge in [-0.3, -0.25) is 4.79 Å². The Morgan fingerprint density at radius 1 is 0.583 bits per heavy atom. The molecule has 0 heterocycles. The van der Waals surface area contributed by atoms with Gasteiger partial charge in [0.15, 0.2) is 0 Å². The highest BCUT2D eigenvalue weighted by Gasteiger charge is 2.12. The molecule has 0 aromatic heterocycles. The van der Waals surface area contributed by atoms with Crippen LogP contribution in [0.3, 0.4) is 0 Å². The fraction of sp³-hybridized carbons (Fsp3) is 0.719. The number of aliphatic hydroxyl groups excluding tert-OH is 2. The molecule has 4 nitrogen and oxygen atoms in total. The van der Waals surface area contributed by atoms with Crippen LogP contribution in [0.15, 0.2) is 48.6 Å². The molecule has 0 aliphatic rings. The van der Waals surface area contributed by atoms with Gasteiger partial charge in [0.2, 0.25) is 0 Å². The van der Waals surface area contributed by atoms with Crippen LogP contribution >= 0.6 is 0 Å². The lowest BCUT2D eigenvalue weighted by molar-refractivity contribution is -0.149. The summed E-state index contributed by atoms with van der Waals surface area (Å²) in [4.78, 5) is 11.8. The smallest absolute Gasteiger partial charge is 0.305 e. The van der Waals surface area contributed by atoms with Gasteiger partial charge >= 0.3 is 5.97 Å². The Kier molecular flexibility index (Phi) is 28.2. The lowest BCUT2D eigenvalue weighted by Gasteiger charge is -2.17. The molecule has 36 heavy (non-hydrogen) atoms. The highest BCUT2D eigenvalue weighted by Crippen LogP contribution is 2.18. The molecule has 0 saturated carbocycles. The minimum absolute atomic E-state index is 0.0557. The summed E-state index contributed by atoms with van der Waals surface area (Å²) >= 11 is 0. The molecule has 0 aromatic carbocycles. The van der Waals surface area contributed by atoms with Gasteiger partial charge < -0.3 is 14.9 Å². The molecule has 0 radical (unpaired) electrons. The number of carbonyl (C=O) groups is 1. The molecular formula is C32H56O4. The molecule has 0 unspecified atom stereocenters. The number of ether oxygens (including phenoxy) is 1. The summed E-state index contributed by atoms with van der Waals surface area (Å²) in [7, 11) is 0. The van der Waals surface area contributed by atoms with Crippen LogP contribution in [0.1, 0.15) is 129 Å². The van der Waals surface area contributed by atoms with E-state index in [1.165, 1.54) is 64.2 Å². The van der Waals surface area contributed by atoms with E-state index in [9.17, 15) is 4.79 Å². The van der Waals surface area contributed by atoms with Crippen molar-refractivity contribution in [3.63, 3.8) is 0 Å². The fourth-order valence-corrected chi connectivity index (χ4v) is 4.14. The second kappa shape index (κ2) is 29.6. The van der Waals surface area contributed by atoms with Gasteiger partial charge in [0, 0.05) is 6.42 Å². The van der Waals surface area contributed by atoms with Gasteiger partial charge in [-0.15, -0.1) is 0 Å². The SMILES string of the molecule is CCC(=O)OC(CCCCCCCC/C=C\C/C=C\CO)CCCCCCCC/C=C\C/C=C\CO. The maximum Gasteiger partial charge on any atom is 0.305 e. The van der Waals surface area contributed by atoms with Gasteiger partial charge in [-0.05, 0) is 64.2 Å². The second-order valence-corrected chi connectivity index (χ2v) is 9.58. The van der Waals surface area contributed by atoms with E-state index < -0.39 is 0 Å². The van der Waals surface area contributed by atoms with Gasteiger partial charge in [0.05, 0.1) is 13.2 Å². The Morgan fingerprint density at radius 3 is 1.39 bits per heavy atom. The summed E-state index contributed by atoms with van der Waals surface area (Å²) in [5, 5.41) is 17.4. The van der Waals surface area contributed by atoms with E-state index >= 15 is 0 Å². The molecule has 0 bridgehead atoms. The Morgan fingerprint density at radius 2 is 0.972 bits per heavy atom. The van der Waals surface area contributed by atoms with Crippen molar-refractivity contribution in [3.8, 4) is 0 Å². The van der Waals surface area contributed by atoms with E-state index in [1.807, 2.05) is 19.1 Å². The van der Waals surface area contributed by atoms with Crippen LogP contribution in [0.5, 0.6) is 0 Å². The number of aliphatic hydroxyl groups is 2. The second-order valence-electron chi connectivity index (χ2n) is 9.58. The van der Waals surface area contributed by atoms with Crippen molar-refractivity contribution in [1.82, 2.24) is 0 Å². The van der Waals surface area contributed by atoms with Crippen LogP contribution in [0.2, 0.25) is 0 Å². The number of carbonyl (C=O) groups excluding carboxylic acids is 1. The molecule has 0 atom stereocenters. The van der Waals surface area contributed by atoms with E-state index in [4.69, 9.17) is 14.9 Å². The number of hydrogen-bond donors (Lipinski definition) is 2. The lowest BCUT2D eigenvalue weighted by atomic mass is 10.0. The van der Waals surface area contributed by atoms with Crippen molar-refractivity contribution in [3.05, 3.63) is 48.6 Å². The predicted octanol–water partition coefficient (Wildman–Crippen LogP) is 8.54. The van der Waals surface area contributed by atoms with Crippen molar-refractivity contribution in [2.45, 2.75) is 135 Å². The Bertz CT molecular complexity index is 535. The van der Waals surface area contributed by atoms with Gasteiger partial charge in [-0.1, -0.05) is 107 Å². The average molecular weight is 505 g/mol. The van der Waals surface area contributed by atoms with Gasteiger partial charge in [-0.25, -0.2) is 0 Å². The van der Waals surface area contributed by atoms with Crippen molar-refractivity contribution >= 4 is 5.97 Å². The maximum absolute atomic E-state index is 11.8. The van der Waals surface area contributed by atoms with Crippen molar-refractivity contribution in [1.29, 1.82) is 0 Å². The summed E-state index contributed by atoms with van der Waals surface area (Å²) in [5.41, 5.74) is 0. The summed E-state index contributed by atoms with van der Waals surface area (Å²) in [6.07, 6.45) is 38.0. The first-order valence-corrected chi connectivity index (χ1v) is 14.8. The van der Waals surface area contributed by atoms with Gasteiger partial charge in [0.25, 0.3) is 0 Å². The van der Waals surface area contributed by atoms with Crippen molar-refractivity contribution < 1.29 is 19.7 Å². The van der Waals surface area contributed by atoms with Crippen LogP contribution in [0, 0.1) is 0 Å². The van der Waals surface area contributed by atoms with Gasteiger partial charge in [0.1, 0.15) is 6.10 Å². The maximum atomic E-state index is 11.8. The monoisotopic (exact) mass is 504 g/mol. The molecule has 0 amide bonds. The first kappa shape index (κ1) is 34.4. The molecule has 0 aliphatic heterocycles. The summed E-state index contributed by atoms with van der Waals surface area (Å²) < 4.78 is 5.72. The van der Waals surface area contributed by atoms with Crippen LogP contribution in [0.4, 0.5) is 0 Å². The number of hydrogen-bond acceptors (Lipinski definition) is 4. The minimum atomic E-state index is -0.0557. The minimum Gasteiger partial charge on any atom is -0.462 e. The first-order chi connectivity index (χ1) is 17.7. The van der Waals surface area contributed by atoms with Crippen molar-refractivity contribution in [2.75, 3.05) is 13.2 Å². The summed E-state index contributed by atoms with van der Waals surface area (Å²) in [5.74, 6) is -0.0557. The molecule has 0 aromatic rings. The molecule has 0 rings (SSSR count). The Labute approximate surface area is 222 Å². The summed E-state index contributed by atoms with van der Waals surface area (Å²) in [6, 6.07) is 0. The standard InChI is InChI=1S/C32H56O4/c1-2-32(35)36-31(27-23-19-15-11-7-3-5-9-13-17-21-25-29-33)28-24-20-16-12-8-4-6-10-14-18-22-26-30-34/h9-10,13-14,21-22,25-26,31,33-34H,2-8,11-12,15-20,23-24,27-30H2,1H3/b13-9-,14-10-,25-21-,26-22-. The molecule has 4 heteroatoms. The number of esters is 1. The number of rotatable bonds is 26. The van der Waals surface area contributed by atoms with E-state index in [1.54, 1.807) is 12.2 Å². The highest BCUT2D eigenvalue weighted by atomic mass is 16.5. The number of unbranched alkanes of at least 4 members (excludes halogenated alkanes) is 12. The number of allylic oxidation sites excluding steroid dienone is 6. The summed E-state index contributed by atoms with van der Waals surface area (Å²) in [6.45, 7) is 2.13. The quantitative estimate of drug-likeness (QED) is 0.0703.